The van der Waals surface area contributed by atoms with E-state index < -0.39 is 10.0 Å². The number of aromatic hydroxyl groups is 1. The highest BCUT2D eigenvalue weighted by atomic mass is 32.2. The van der Waals surface area contributed by atoms with Gasteiger partial charge in [-0.3, -0.25) is 0 Å². The van der Waals surface area contributed by atoms with Gasteiger partial charge in [-0.05, 0) is 36.9 Å². The Morgan fingerprint density at radius 1 is 1.26 bits per heavy atom. The van der Waals surface area contributed by atoms with Crippen LogP contribution in [0, 0.1) is 0 Å². The van der Waals surface area contributed by atoms with E-state index >= 15 is 0 Å². The van der Waals surface area contributed by atoms with Crippen LogP contribution in [-0.4, -0.2) is 19.6 Å². The molecule has 2 N–H and O–H groups in total. The number of sulfonamides is 1. The highest BCUT2D eigenvalue weighted by Gasteiger charge is 2.20. The molecule has 0 aliphatic heterocycles. The molecule has 102 valence electrons. The lowest BCUT2D eigenvalue weighted by Crippen LogP contribution is -2.33. The maximum Gasteiger partial charge on any atom is 0.244 e. The normalized spacial score (nSPS) is 13.3. The fourth-order valence-corrected chi connectivity index (χ4v) is 3.96. The van der Waals surface area contributed by atoms with Crippen molar-refractivity contribution >= 4 is 21.4 Å². The van der Waals surface area contributed by atoms with Crippen LogP contribution in [0.15, 0.2) is 46.7 Å². The Morgan fingerprint density at radius 2 is 2.00 bits per heavy atom. The lowest BCUT2D eigenvalue weighted by atomic mass is 10.2. The Hall–Kier alpha value is -1.37. The second kappa shape index (κ2) is 5.73. The highest BCUT2D eigenvalue weighted by Crippen LogP contribution is 2.22. The first kappa shape index (κ1) is 14.0. The Morgan fingerprint density at radius 3 is 2.63 bits per heavy atom. The van der Waals surface area contributed by atoms with Gasteiger partial charge in [-0.1, -0.05) is 18.2 Å². The van der Waals surface area contributed by atoms with Crippen molar-refractivity contribution in [3.05, 3.63) is 46.7 Å². The van der Waals surface area contributed by atoms with Gasteiger partial charge in [0.25, 0.3) is 0 Å². The standard InChI is InChI=1S/C13H15NO3S2/c1-10(9-11-5-4-8-18-11)14-19(16,17)13-7-3-2-6-12(13)15/h2-8,10,14-15H,9H2,1H3. The summed E-state index contributed by atoms with van der Waals surface area (Å²) in [6.07, 6.45) is 0.629. The first-order valence-electron chi connectivity index (χ1n) is 5.82. The van der Waals surface area contributed by atoms with Crippen molar-refractivity contribution in [3.63, 3.8) is 0 Å². The molecule has 6 heteroatoms. The van der Waals surface area contributed by atoms with Crippen molar-refractivity contribution in [2.45, 2.75) is 24.3 Å². The van der Waals surface area contributed by atoms with Crippen LogP contribution in [0.3, 0.4) is 0 Å². The maximum atomic E-state index is 12.1. The topological polar surface area (TPSA) is 66.4 Å². The van der Waals surface area contributed by atoms with Crippen molar-refractivity contribution in [1.82, 2.24) is 4.72 Å². The predicted octanol–water partition coefficient (Wildman–Crippen LogP) is 2.36. The molecule has 0 aliphatic carbocycles. The molecule has 1 atom stereocenters. The summed E-state index contributed by atoms with van der Waals surface area (Å²) in [7, 11) is -3.69. The summed E-state index contributed by atoms with van der Waals surface area (Å²) in [5, 5.41) is 11.6. The molecule has 0 saturated carbocycles. The van der Waals surface area contributed by atoms with Crippen LogP contribution < -0.4 is 4.72 Å². The Balaban J connectivity index is 2.11. The number of hydrogen-bond acceptors (Lipinski definition) is 4. The van der Waals surface area contributed by atoms with Gasteiger partial charge in [-0.2, -0.15) is 0 Å². The van der Waals surface area contributed by atoms with Gasteiger partial charge in [0.2, 0.25) is 10.0 Å². The molecule has 1 aromatic carbocycles. The molecule has 2 rings (SSSR count). The van der Waals surface area contributed by atoms with Gasteiger partial charge < -0.3 is 5.11 Å². The minimum absolute atomic E-state index is 0.0898. The predicted molar refractivity (Wildman–Crippen MR) is 75.9 cm³/mol. The van der Waals surface area contributed by atoms with E-state index in [2.05, 4.69) is 4.72 Å². The van der Waals surface area contributed by atoms with Crippen molar-refractivity contribution in [3.8, 4) is 5.75 Å². The van der Waals surface area contributed by atoms with Crippen molar-refractivity contribution < 1.29 is 13.5 Å². The third-order valence-corrected chi connectivity index (χ3v) is 5.13. The lowest BCUT2D eigenvalue weighted by molar-refractivity contribution is 0.457. The molecule has 1 heterocycles. The number of phenolic OH excluding ortho intramolecular Hbond substituents is 1. The summed E-state index contributed by atoms with van der Waals surface area (Å²) < 4.78 is 26.8. The monoisotopic (exact) mass is 297 g/mol. The van der Waals surface area contributed by atoms with Gasteiger partial charge in [0.1, 0.15) is 10.6 Å². The van der Waals surface area contributed by atoms with Gasteiger partial charge in [-0.15, -0.1) is 11.3 Å². The third-order valence-electron chi connectivity index (χ3n) is 2.60. The molecule has 19 heavy (non-hydrogen) atoms. The number of benzene rings is 1. The third kappa shape index (κ3) is 3.56. The molecule has 0 spiro atoms. The van der Waals surface area contributed by atoms with Crippen molar-refractivity contribution in [1.29, 1.82) is 0 Å². The average Bonchev–Trinajstić information content (AvgIpc) is 2.81. The largest absolute Gasteiger partial charge is 0.507 e. The zero-order chi connectivity index (χ0) is 13.9. The lowest BCUT2D eigenvalue weighted by Gasteiger charge is -2.14. The fraction of sp³-hybridized carbons (Fsp3) is 0.231. The van der Waals surface area contributed by atoms with Crippen LogP contribution in [0.4, 0.5) is 0 Å². The van der Waals surface area contributed by atoms with Crippen LogP contribution >= 0.6 is 11.3 Å². The summed E-state index contributed by atoms with van der Waals surface area (Å²) >= 11 is 1.59. The molecule has 0 fully saturated rings. The SMILES string of the molecule is CC(Cc1cccs1)NS(=O)(=O)c1ccccc1O. The molecule has 0 aliphatic rings. The Bertz CT molecular complexity index is 636. The molecule has 2 aromatic rings. The quantitative estimate of drug-likeness (QED) is 0.890. The molecular formula is C13H15NO3S2. The maximum absolute atomic E-state index is 12.1. The number of para-hydroxylation sites is 1. The van der Waals surface area contributed by atoms with Crippen molar-refractivity contribution in [2.75, 3.05) is 0 Å². The second-order valence-corrected chi connectivity index (χ2v) is 6.99. The number of hydrogen-bond donors (Lipinski definition) is 2. The number of thiophene rings is 1. The van der Waals surface area contributed by atoms with Crippen LogP contribution in [0.1, 0.15) is 11.8 Å². The van der Waals surface area contributed by atoms with E-state index in [1.54, 1.807) is 30.4 Å². The van der Waals surface area contributed by atoms with Gasteiger partial charge in [0.15, 0.2) is 0 Å². The minimum atomic E-state index is -3.69. The summed E-state index contributed by atoms with van der Waals surface area (Å²) in [6, 6.07) is 9.58. The van der Waals surface area contributed by atoms with E-state index in [-0.39, 0.29) is 16.7 Å². The highest BCUT2D eigenvalue weighted by molar-refractivity contribution is 7.89. The second-order valence-electron chi connectivity index (χ2n) is 4.27. The number of rotatable bonds is 5. The molecule has 0 radical (unpaired) electrons. The molecule has 4 nitrogen and oxygen atoms in total. The molecule has 0 saturated heterocycles. The van der Waals surface area contributed by atoms with Crippen LogP contribution in [0.5, 0.6) is 5.75 Å². The van der Waals surface area contributed by atoms with Crippen LogP contribution in [-0.2, 0) is 16.4 Å². The Labute approximate surface area is 116 Å². The van der Waals surface area contributed by atoms with Gasteiger partial charge in [0.05, 0.1) is 0 Å². The van der Waals surface area contributed by atoms with E-state index in [1.165, 1.54) is 12.1 Å². The fourth-order valence-electron chi connectivity index (χ4n) is 1.78. The summed E-state index contributed by atoms with van der Waals surface area (Å²) in [5.74, 6) is -0.238. The van der Waals surface area contributed by atoms with Gasteiger partial charge in [0, 0.05) is 10.9 Å². The van der Waals surface area contributed by atoms with E-state index in [9.17, 15) is 13.5 Å². The zero-order valence-electron chi connectivity index (χ0n) is 10.4. The van der Waals surface area contributed by atoms with Gasteiger partial charge >= 0.3 is 0 Å². The minimum Gasteiger partial charge on any atom is -0.507 e. The molecule has 0 amide bonds. The first-order valence-corrected chi connectivity index (χ1v) is 8.18. The molecule has 0 bridgehead atoms. The van der Waals surface area contributed by atoms with Gasteiger partial charge in [-0.25, -0.2) is 13.1 Å². The van der Waals surface area contributed by atoms with Crippen LogP contribution in [0.25, 0.3) is 0 Å². The summed E-state index contributed by atoms with van der Waals surface area (Å²) in [4.78, 5) is 1.03. The van der Waals surface area contributed by atoms with E-state index in [1.807, 2.05) is 17.5 Å². The molecular weight excluding hydrogens is 282 g/mol. The average molecular weight is 297 g/mol. The molecule has 1 unspecified atom stereocenters. The summed E-state index contributed by atoms with van der Waals surface area (Å²) in [6.45, 7) is 1.80. The van der Waals surface area contributed by atoms with E-state index in [0.717, 1.165) is 4.88 Å². The molecule has 1 aromatic heterocycles. The van der Waals surface area contributed by atoms with Crippen LogP contribution in [0.2, 0.25) is 0 Å². The van der Waals surface area contributed by atoms with E-state index in [4.69, 9.17) is 0 Å². The van der Waals surface area contributed by atoms with Crippen molar-refractivity contribution in [2.24, 2.45) is 0 Å². The number of phenols is 1. The summed E-state index contributed by atoms with van der Waals surface area (Å²) in [5.41, 5.74) is 0. The van der Waals surface area contributed by atoms with E-state index in [0.29, 0.717) is 6.42 Å². The Kier molecular flexibility index (Phi) is 4.24. The number of nitrogens with one attached hydrogen (secondary N) is 1. The smallest absolute Gasteiger partial charge is 0.244 e. The first-order chi connectivity index (χ1) is 8.99. The zero-order valence-corrected chi connectivity index (χ0v) is 12.0.